The molecule has 0 radical (unpaired) electrons. The Labute approximate surface area is 311 Å². The predicted molar refractivity (Wildman–Crippen MR) is 226 cm³/mol. The highest BCUT2D eigenvalue weighted by Crippen LogP contribution is 2.62. The van der Waals surface area contributed by atoms with Gasteiger partial charge in [0.1, 0.15) is 0 Å². The average Bonchev–Trinajstić information content (AvgIpc) is 3.28. The molecule has 0 unspecified atom stereocenters. The fourth-order valence-electron chi connectivity index (χ4n) is 8.07. The van der Waals surface area contributed by atoms with Crippen LogP contribution in [0.15, 0.2) is 177 Å². The maximum Gasteiger partial charge on any atom is 0.0462 e. The smallest absolute Gasteiger partial charge is 0.0462 e. The number of rotatable bonds is 9. The molecule has 258 valence electrons. The molecule has 0 aromatic heterocycles. The fourth-order valence-corrected chi connectivity index (χ4v) is 8.07. The van der Waals surface area contributed by atoms with Crippen molar-refractivity contribution in [1.82, 2.24) is 0 Å². The standard InChI is InChI=1S/C51H49N/c1-9-17-36(10-2)38-22-28-42(29-23-38)52(43-30-24-39(25-31-43)37-18-13-11-14-19-37)44-32-26-41(27-33-44)46-35-48-47(34-45(46)40-20-15-12-16-21-40)49(3,4)51(7,8)50(48,5)6/h9-35H,1-2H2,3-8H3/b36-17+. The molecule has 0 atom stereocenters. The molecule has 0 saturated carbocycles. The highest BCUT2D eigenvalue weighted by Gasteiger charge is 2.57. The van der Waals surface area contributed by atoms with E-state index in [1.165, 1.54) is 44.5 Å². The van der Waals surface area contributed by atoms with Crippen LogP contribution in [-0.2, 0) is 10.8 Å². The molecule has 0 amide bonds. The van der Waals surface area contributed by atoms with Crippen molar-refractivity contribution in [3.63, 3.8) is 0 Å². The summed E-state index contributed by atoms with van der Waals surface area (Å²) in [5.41, 5.74) is 15.9. The highest BCUT2D eigenvalue weighted by molar-refractivity contribution is 5.88. The molecule has 0 fully saturated rings. The van der Waals surface area contributed by atoms with Crippen molar-refractivity contribution < 1.29 is 0 Å². The number of fused-ring (bicyclic) bond motifs is 1. The third kappa shape index (κ3) is 5.85. The van der Waals surface area contributed by atoms with E-state index in [9.17, 15) is 0 Å². The van der Waals surface area contributed by atoms with E-state index in [1.807, 2.05) is 12.2 Å². The zero-order valence-electron chi connectivity index (χ0n) is 31.4. The molecule has 0 saturated heterocycles. The molecule has 0 heterocycles. The summed E-state index contributed by atoms with van der Waals surface area (Å²) in [5.74, 6) is 0. The minimum Gasteiger partial charge on any atom is -0.311 e. The van der Waals surface area contributed by atoms with Gasteiger partial charge in [-0.05, 0) is 120 Å². The van der Waals surface area contributed by atoms with Crippen LogP contribution in [-0.4, -0.2) is 0 Å². The van der Waals surface area contributed by atoms with Crippen molar-refractivity contribution in [3.05, 3.63) is 194 Å². The number of anilines is 3. The second-order valence-corrected chi connectivity index (χ2v) is 15.6. The number of benzene rings is 6. The van der Waals surface area contributed by atoms with E-state index in [0.29, 0.717) is 0 Å². The molecule has 1 aliphatic carbocycles. The molecule has 7 rings (SSSR count). The van der Waals surface area contributed by atoms with Crippen LogP contribution < -0.4 is 4.90 Å². The lowest BCUT2D eigenvalue weighted by Crippen LogP contribution is -2.42. The summed E-state index contributed by atoms with van der Waals surface area (Å²) in [5, 5.41) is 0. The molecule has 52 heavy (non-hydrogen) atoms. The number of allylic oxidation sites excluding steroid dienone is 4. The summed E-state index contributed by atoms with van der Waals surface area (Å²) in [6.45, 7) is 22.5. The molecule has 0 spiro atoms. The minimum atomic E-state index is 0.0109. The summed E-state index contributed by atoms with van der Waals surface area (Å²) in [4.78, 5) is 2.34. The van der Waals surface area contributed by atoms with Crippen molar-refractivity contribution >= 4 is 22.6 Å². The van der Waals surface area contributed by atoms with Gasteiger partial charge in [0.2, 0.25) is 0 Å². The first-order valence-corrected chi connectivity index (χ1v) is 18.3. The van der Waals surface area contributed by atoms with Gasteiger partial charge in [-0.2, -0.15) is 0 Å². The van der Waals surface area contributed by atoms with E-state index in [2.05, 4.69) is 205 Å². The Bertz CT molecular complexity index is 2250. The zero-order chi connectivity index (χ0) is 36.7. The van der Waals surface area contributed by atoms with Crippen LogP contribution in [0.3, 0.4) is 0 Å². The van der Waals surface area contributed by atoms with Crippen molar-refractivity contribution in [2.75, 3.05) is 4.90 Å². The summed E-state index contributed by atoms with van der Waals surface area (Å²) in [7, 11) is 0. The molecule has 0 aliphatic heterocycles. The summed E-state index contributed by atoms with van der Waals surface area (Å²) in [6, 6.07) is 53.1. The highest BCUT2D eigenvalue weighted by atomic mass is 15.1. The van der Waals surface area contributed by atoms with Gasteiger partial charge in [-0.3, -0.25) is 0 Å². The second kappa shape index (κ2) is 13.5. The SMILES string of the molecule is C=C/C=C(\C=C)c1ccc(N(c2ccc(-c3ccccc3)cc2)c2ccc(-c3cc4c(cc3-c3ccccc3)C(C)(C)C(C)(C)C4(C)C)cc2)cc1. The molecular weight excluding hydrogens is 627 g/mol. The largest absolute Gasteiger partial charge is 0.311 e. The number of nitrogens with zero attached hydrogens (tertiary/aromatic N) is 1. The van der Waals surface area contributed by atoms with Gasteiger partial charge < -0.3 is 4.90 Å². The first-order valence-electron chi connectivity index (χ1n) is 18.3. The van der Waals surface area contributed by atoms with Gasteiger partial charge in [0.25, 0.3) is 0 Å². The summed E-state index contributed by atoms with van der Waals surface area (Å²) >= 11 is 0. The maximum atomic E-state index is 4.02. The lowest BCUT2D eigenvalue weighted by atomic mass is 9.59. The molecular formula is C51H49N. The fraction of sp³-hybridized carbons (Fsp3) is 0.176. The Kier molecular flexibility index (Phi) is 9.01. The van der Waals surface area contributed by atoms with Gasteiger partial charge in [0.05, 0.1) is 0 Å². The first kappa shape index (κ1) is 34.8. The number of hydrogen-bond donors (Lipinski definition) is 0. The van der Waals surface area contributed by atoms with Crippen LogP contribution in [0.2, 0.25) is 0 Å². The summed E-state index contributed by atoms with van der Waals surface area (Å²) in [6.07, 6.45) is 5.67. The molecule has 6 aromatic rings. The third-order valence-electron chi connectivity index (χ3n) is 12.4. The summed E-state index contributed by atoms with van der Waals surface area (Å²) < 4.78 is 0. The van der Waals surface area contributed by atoms with E-state index in [-0.39, 0.29) is 16.2 Å². The van der Waals surface area contributed by atoms with E-state index in [1.54, 1.807) is 6.08 Å². The maximum absolute atomic E-state index is 4.02. The van der Waals surface area contributed by atoms with Crippen LogP contribution >= 0.6 is 0 Å². The van der Waals surface area contributed by atoms with Crippen molar-refractivity contribution in [1.29, 1.82) is 0 Å². The van der Waals surface area contributed by atoms with Crippen LogP contribution in [0, 0.1) is 5.41 Å². The van der Waals surface area contributed by atoms with E-state index < -0.39 is 0 Å². The van der Waals surface area contributed by atoms with Crippen molar-refractivity contribution in [3.8, 4) is 33.4 Å². The Morgan fingerprint density at radius 2 is 0.865 bits per heavy atom. The molecule has 0 N–H and O–H groups in total. The Morgan fingerprint density at radius 1 is 0.481 bits per heavy atom. The zero-order valence-corrected chi connectivity index (χ0v) is 31.4. The lowest BCUT2D eigenvalue weighted by Gasteiger charge is -2.44. The van der Waals surface area contributed by atoms with Gasteiger partial charge in [-0.25, -0.2) is 0 Å². The average molecular weight is 676 g/mol. The third-order valence-corrected chi connectivity index (χ3v) is 12.4. The van der Waals surface area contributed by atoms with Crippen molar-refractivity contribution in [2.24, 2.45) is 5.41 Å². The van der Waals surface area contributed by atoms with Gasteiger partial charge in [-0.1, -0.05) is 170 Å². The van der Waals surface area contributed by atoms with Gasteiger partial charge in [0, 0.05) is 17.1 Å². The van der Waals surface area contributed by atoms with Crippen LogP contribution in [0.25, 0.3) is 39.0 Å². The number of hydrogen-bond acceptors (Lipinski definition) is 1. The van der Waals surface area contributed by atoms with Crippen LogP contribution in [0.4, 0.5) is 17.1 Å². The monoisotopic (exact) mass is 675 g/mol. The van der Waals surface area contributed by atoms with E-state index >= 15 is 0 Å². The van der Waals surface area contributed by atoms with Gasteiger partial charge in [0.15, 0.2) is 0 Å². The predicted octanol–water partition coefficient (Wildman–Crippen LogP) is 14.5. The minimum absolute atomic E-state index is 0.0109. The Balaban J connectivity index is 1.34. The van der Waals surface area contributed by atoms with Crippen LogP contribution in [0.1, 0.15) is 58.2 Å². The lowest BCUT2D eigenvalue weighted by molar-refractivity contribution is 0.125. The molecule has 0 bridgehead atoms. The first-order chi connectivity index (χ1) is 25.0. The van der Waals surface area contributed by atoms with E-state index in [0.717, 1.165) is 28.2 Å². The normalized spacial score (nSPS) is 15.5. The van der Waals surface area contributed by atoms with Crippen LogP contribution in [0.5, 0.6) is 0 Å². The van der Waals surface area contributed by atoms with Gasteiger partial charge >= 0.3 is 0 Å². The molecule has 1 nitrogen and oxygen atoms in total. The molecule has 1 heteroatoms. The topological polar surface area (TPSA) is 3.24 Å². The molecule has 1 aliphatic rings. The Hall–Kier alpha value is -5.66. The second-order valence-electron chi connectivity index (χ2n) is 15.6. The van der Waals surface area contributed by atoms with Crippen molar-refractivity contribution in [2.45, 2.75) is 52.4 Å². The van der Waals surface area contributed by atoms with Gasteiger partial charge in [-0.15, -0.1) is 0 Å². The Morgan fingerprint density at radius 3 is 1.31 bits per heavy atom. The molecule has 6 aromatic carbocycles. The quantitative estimate of drug-likeness (QED) is 0.138. The van der Waals surface area contributed by atoms with E-state index in [4.69, 9.17) is 0 Å².